The monoisotopic (exact) mass is 444 g/mol. The van der Waals surface area contributed by atoms with Crippen molar-refractivity contribution in [2.75, 3.05) is 19.8 Å². The first kappa shape index (κ1) is 37.3. The van der Waals surface area contributed by atoms with Gasteiger partial charge in [0.15, 0.2) is 0 Å². The van der Waals surface area contributed by atoms with Crippen LogP contribution in [-0.2, 0) is 4.74 Å². The van der Waals surface area contributed by atoms with Crippen LogP contribution in [0.5, 0.6) is 0 Å². The molecule has 0 aromatic heterocycles. The summed E-state index contributed by atoms with van der Waals surface area (Å²) in [6.45, 7) is 6.47. The standard InChI is InChI=1S/C14H22O.C12H18.C2H4O.2CH4/c1-2-3-4-5-6-7-8-9-10-11-12-13-14-15;1-3-5-7-9-11-12-10-8-6-4-2;1-2-3-1;;/h3-4,6-7,15H,2,5,8-10,13-14H2,1H3;1,6,8,11-12H,4-5,7,9-10H2,2H3;1-2H2;2*1H4/b4-3-,7-6-;8-6-,12-11-;;;. The average molecular weight is 445 g/mol. The molecule has 0 aromatic rings. The smallest absolute Gasteiger partial charge is 0.0701 e. The van der Waals surface area contributed by atoms with Gasteiger partial charge in [-0.2, -0.15) is 0 Å². The van der Waals surface area contributed by atoms with E-state index in [0.29, 0.717) is 6.42 Å². The number of hydrogen-bond acceptors (Lipinski definition) is 2. The fraction of sp³-hybridized carbons (Fsp3) is 0.600. The quantitative estimate of drug-likeness (QED) is 0.134. The summed E-state index contributed by atoms with van der Waals surface area (Å²) in [7, 11) is 0. The first-order valence-electron chi connectivity index (χ1n) is 11.5. The van der Waals surface area contributed by atoms with Crippen molar-refractivity contribution >= 4 is 0 Å². The van der Waals surface area contributed by atoms with Gasteiger partial charge in [0.25, 0.3) is 0 Å². The molecule has 2 nitrogen and oxygen atoms in total. The normalized spacial score (nSPS) is 11.4. The van der Waals surface area contributed by atoms with Gasteiger partial charge in [0.05, 0.1) is 19.8 Å². The molecule has 32 heavy (non-hydrogen) atoms. The Hall–Kier alpha value is -2.00. The highest BCUT2D eigenvalue weighted by Crippen LogP contribution is 1.98. The molecule has 0 aromatic carbocycles. The number of rotatable bonds is 13. The van der Waals surface area contributed by atoms with Crippen LogP contribution < -0.4 is 0 Å². The van der Waals surface area contributed by atoms with E-state index in [4.69, 9.17) is 11.5 Å². The lowest BCUT2D eigenvalue weighted by molar-refractivity contribution is 0.305. The molecule has 1 saturated heterocycles. The number of terminal acetylenes is 1. The zero-order chi connectivity index (χ0) is 22.4. The van der Waals surface area contributed by atoms with Crippen molar-refractivity contribution in [2.24, 2.45) is 0 Å². The Morgan fingerprint density at radius 2 is 1.16 bits per heavy atom. The fourth-order valence-electron chi connectivity index (χ4n) is 1.97. The van der Waals surface area contributed by atoms with Gasteiger partial charge in [0.1, 0.15) is 0 Å². The number of aliphatic hydroxyl groups is 1. The van der Waals surface area contributed by atoms with Crippen LogP contribution in [-0.4, -0.2) is 24.9 Å². The number of allylic oxidation sites excluding steroid dienone is 8. The summed E-state index contributed by atoms with van der Waals surface area (Å²) >= 11 is 0. The van der Waals surface area contributed by atoms with Crippen LogP contribution in [0.1, 0.15) is 99.3 Å². The van der Waals surface area contributed by atoms with E-state index >= 15 is 0 Å². The van der Waals surface area contributed by atoms with Crippen molar-refractivity contribution in [3.63, 3.8) is 0 Å². The van der Waals surface area contributed by atoms with E-state index in [1.165, 1.54) is 0 Å². The summed E-state index contributed by atoms with van der Waals surface area (Å²) in [6.07, 6.45) is 34.0. The fourth-order valence-corrected chi connectivity index (χ4v) is 1.97. The molecule has 0 saturated carbocycles. The summed E-state index contributed by atoms with van der Waals surface area (Å²) in [5.41, 5.74) is 0. The Labute approximate surface area is 201 Å². The third-order valence-corrected chi connectivity index (χ3v) is 3.61. The largest absolute Gasteiger partial charge is 0.395 e. The van der Waals surface area contributed by atoms with Gasteiger partial charge in [-0.25, -0.2) is 0 Å². The van der Waals surface area contributed by atoms with E-state index in [1.807, 2.05) is 0 Å². The van der Waals surface area contributed by atoms with Gasteiger partial charge >= 0.3 is 0 Å². The molecule has 0 unspecified atom stereocenters. The van der Waals surface area contributed by atoms with Gasteiger partial charge in [-0.1, -0.05) is 77.3 Å². The average Bonchev–Trinajstić information content (AvgIpc) is 3.64. The predicted molar refractivity (Wildman–Crippen MR) is 147 cm³/mol. The number of hydrogen-bond donors (Lipinski definition) is 1. The second-order valence-electron chi connectivity index (χ2n) is 6.60. The highest BCUT2D eigenvalue weighted by Gasteiger charge is 1.94. The Morgan fingerprint density at radius 1 is 0.719 bits per heavy atom. The van der Waals surface area contributed by atoms with Crippen molar-refractivity contribution in [3.05, 3.63) is 48.6 Å². The summed E-state index contributed by atoms with van der Waals surface area (Å²) < 4.78 is 4.50. The summed E-state index contributed by atoms with van der Waals surface area (Å²) in [5, 5.41) is 8.49. The van der Waals surface area contributed by atoms with Crippen molar-refractivity contribution in [3.8, 4) is 24.2 Å². The molecular formula is C30H52O2. The van der Waals surface area contributed by atoms with Crippen LogP contribution >= 0.6 is 0 Å². The van der Waals surface area contributed by atoms with Gasteiger partial charge in [-0.05, 0) is 51.4 Å². The number of ether oxygens (including phenoxy) is 1. The molecule has 184 valence electrons. The Bertz CT molecular complexity index is 531. The zero-order valence-electron chi connectivity index (χ0n) is 19.5. The second-order valence-corrected chi connectivity index (χ2v) is 6.60. The van der Waals surface area contributed by atoms with Gasteiger partial charge in [-0.15, -0.1) is 24.2 Å². The van der Waals surface area contributed by atoms with E-state index < -0.39 is 0 Å². The lowest BCUT2D eigenvalue weighted by Crippen LogP contribution is -1.76. The molecule has 0 amide bonds. The zero-order valence-corrected chi connectivity index (χ0v) is 19.5. The van der Waals surface area contributed by atoms with E-state index in [0.717, 1.165) is 77.4 Å². The highest BCUT2D eigenvalue weighted by atomic mass is 16.6. The summed E-state index contributed by atoms with van der Waals surface area (Å²) in [4.78, 5) is 0. The molecule has 0 bridgehead atoms. The first-order chi connectivity index (χ1) is 14.8. The molecular weight excluding hydrogens is 392 g/mol. The van der Waals surface area contributed by atoms with Crippen molar-refractivity contribution in [1.82, 2.24) is 0 Å². The Balaban J connectivity index is -0.000000207. The highest BCUT2D eigenvalue weighted by molar-refractivity contribution is 4.99. The second kappa shape index (κ2) is 39.5. The van der Waals surface area contributed by atoms with Crippen LogP contribution in [0.15, 0.2) is 48.6 Å². The van der Waals surface area contributed by atoms with Gasteiger partial charge < -0.3 is 9.84 Å². The Kier molecular flexibility index (Phi) is 46.0. The van der Waals surface area contributed by atoms with E-state index in [9.17, 15) is 0 Å². The van der Waals surface area contributed by atoms with E-state index in [-0.39, 0.29) is 21.5 Å². The van der Waals surface area contributed by atoms with Crippen LogP contribution in [0.2, 0.25) is 0 Å². The molecule has 1 fully saturated rings. The van der Waals surface area contributed by atoms with Crippen LogP contribution in [0.25, 0.3) is 0 Å². The minimum absolute atomic E-state index is 0. The van der Waals surface area contributed by atoms with Crippen LogP contribution in [0.4, 0.5) is 0 Å². The molecule has 0 atom stereocenters. The maximum Gasteiger partial charge on any atom is 0.0701 e. The minimum atomic E-state index is 0. The molecule has 1 aliphatic rings. The number of aliphatic hydroxyl groups excluding tert-OH is 1. The molecule has 1 rings (SSSR count). The van der Waals surface area contributed by atoms with Gasteiger partial charge in [-0.3, -0.25) is 0 Å². The van der Waals surface area contributed by atoms with Gasteiger partial charge in [0.2, 0.25) is 0 Å². The minimum Gasteiger partial charge on any atom is -0.395 e. The lowest BCUT2D eigenvalue weighted by atomic mass is 10.2. The molecule has 2 heteroatoms. The summed E-state index contributed by atoms with van der Waals surface area (Å²) in [6, 6.07) is 0. The number of unbranched alkanes of at least 4 members (excludes halogenated alkanes) is 4. The molecule has 0 radical (unpaired) electrons. The van der Waals surface area contributed by atoms with Crippen LogP contribution in [0.3, 0.4) is 0 Å². The SMILES string of the molecule is C.C.C#CCCC/C=C\C/C=C\CC.C1CO1.CC/C=C\C/C=C\CCCC#CCCO. The molecule has 1 heterocycles. The first-order valence-corrected chi connectivity index (χ1v) is 11.5. The van der Waals surface area contributed by atoms with E-state index in [2.05, 4.69) is 85.0 Å². The topological polar surface area (TPSA) is 32.8 Å². The third-order valence-electron chi connectivity index (χ3n) is 3.61. The lowest BCUT2D eigenvalue weighted by Gasteiger charge is -1.88. The van der Waals surface area contributed by atoms with Crippen molar-refractivity contribution < 1.29 is 9.84 Å². The van der Waals surface area contributed by atoms with E-state index in [1.54, 1.807) is 0 Å². The third kappa shape index (κ3) is 51.0. The maximum atomic E-state index is 8.49. The van der Waals surface area contributed by atoms with Crippen LogP contribution in [0, 0.1) is 24.2 Å². The molecule has 0 aliphatic carbocycles. The Morgan fingerprint density at radius 3 is 1.56 bits per heavy atom. The molecule has 1 aliphatic heterocycles. The van der Waals surface area contributed by atoms with Gasteiger partial charge in [0, 0.05) is 19.3 Å². The molecule has 0 spiro atoms. The van der Waals surface area contributed by atoms with Crippen molar-refractivity contribution in [2.45, 2.75) is 99.3 Å². The predicted octanol–water partition coefficient (Wildman–Crippen LogP) is 8.45. The molecule has 1 N–H and O–H groups in total. The number of epoxide rings is 1. The maximum absolute atomic E-state index is 8.49. The summed E-state index contributed by atoms with van der Waals surface area (Å²) in [5.74, 6) is 8.59. The van der Waals surface area contributed by atoms with Crippen molar-refractivity contribution in [1.29, 1.82) is 0 Å².